The molecule has 1 saturated carbocycles. The topological polar surface area (TPSA) is 117 Å². The van der Waals surface area contributed by atoms with E-state index in [2.05, 4.69) is 30.3 Å². The number of phenolic OH excluding ortho intramolecular Hbond substituents is 1. The van der Waals surface area contributed by atoms with Gasteiger partial charge in [0, 0.05) is 36.5 Å². The molecule has 3 heterocycles. The third-order valence-electron chi connectivity index (χ3n) is 5.20. The molecule has 0 spiro atoms. The first-order valence-corrected chi connectivity index (χ1v) is 8.23. The van der Waals surface area contributed by atoms with E-state index in [1.54, 1.807) is 24.7 Å². The SMILES string of the molecule is NC1C2CN(c3ncc(-c4ccc(-c5cn[nH]c5)cc4O)nn3)CC12. The molecule has 0 radical (unpaired) electrons. The number of hydrogen-bond donors (Lipinski definition) is 3. The maximum absolute atomic E-state index is 10.3. The summed E-state index contributed by atoms with van der Waals surface area (Å²) in [6.45, 7) is 1.80. The molecule has 2 fully saturated rings. The summed E-state index contributed by atoms with van der Waals surface area (Å²) in [4.78, 5) is 6.54. The Morgan fingerprint density at radius 2 is 1.96 bits per heavy atom. The summed E-state index contributed by atoms with van der Waals surface area (Å²) in [6.07, 6.45) is 5.13. The van der Waals surface area contributed by atoms with E-state index in [4.69, 9.17) is 5.73 Å². The van der Waals surface area contributed by atoms with E-state index in [0.717, 1.165) is 24.2 Å². The summed E-state index contributed by atoms with van der Waals surface area (Å²) in [5.74, 6) is 1.90. The number of rotatable bonds is 3. The highest BCUT2D eigenvalue weighted by molar-refractivity contribution is 5.73. The van der Waals surface area contributed by atoms with Gasteiger partial charge in [0.05, 0.1) is 12.4 Å². The average molecular weight is 335 g/mol. The van der Waals surface area contributed by atoms with Gasteiger partial charge in [0.1, 0.15) is 11.4 Å². The number of aromatic nitrogens is 5. The normalized spacial score (nSPS) is 24.4. The zero-order chi connectivity index (χ0) is 17.0. The molecule has 1 aliphatic heterocycles. The van der Waals surface area contributed by atoms with Crippen LogP contribution in [0.1, 0.15) is 0 Å². The van der Waals surface area contributed by atoms with Gasteiger partial charge in [-0.3, -0.25) is 5.10 Å². The van der Waals surface area contributed by atoms with Gasteiger partial charge in [-0.15, -0.1) is 10.2 Å². The minimum Gasteiger partial charge on any atom is -0.507 e. The summed E-state index contributed by atoms with van der Waals surface area (Å²) in [7, 11) is 0. The first-order chi connectivity index (χ1) is 12.2. The molecule has 8 nitrogen and oxygen atoms in total. The molecule has 2 aromatic heterocycles. The van der Waals surface area contributed by atoms with Crippen molar-refractivity contribution in [2.75, 3.05) is 18.0 Å². The lowest BCUT2D eigenvalue weighted by Crippen LogP contribution is -2.29. The zero-order valence-corrected chi connectivity index (χ0v) is 13.4. The molecule has 2 unspecified atom stereocenters. The summed E-state index contributed by atoms with van der Waals surface area (Å²) < 4.78 is 0. The van der Waals surface area contributed by atoms with Crippen molar-refractivity contribution in [3.05, 3.63) is 36.8 Å². The Kier molecular flexibility index (Phi) is 3.01. The zero-order valence-electron chi connectivity index (χ0n) is 13.4. The van der Waals surface area contributed by atoms with Crippen LogP contribution in [0.5, 0.6) is 5.75 Å². The van der Waals surface area contributed by atoms with Crippen LogP contribution >= 0.6 is 0 Å². The Balaban J connectivity index is 1.38. The second-order valence-corrected chi connectivity index (χ2v) is 6.67. The quantitative estimate of drug-likeness (QED) is 0.654. The van der Waals surface area contributed by atoms with Crippen molar-refractivity contribution < 1.29 is 5.11 Å². The van der Waals surface area contributed by atoms with E-state index in [1.807, 2.05) is 12.1 Å². The number of benzene rings is 1. The first kappa shape index (κ1) is 14.4. The Labute approximate surface area is 143 Å². The van der Waals surface area contributed by atoms with Gasteiger partial charge in [0.25, 0.3) is 0 Å². The van der Waals surface area contributed by atoms with Crippen LogP contribution in [0.4, 0.5) is 5.95 Å². The number of hydrogen-bond acceptors (Lipinski definition) is 7. The molecule has 0 amide bonds. The highest BCUT2D eigenvalue weighted by Crippen LogP contribution is 2.44. The van der Waals surface area contributed by atoms with Gasteiger partial charge in [0.2, 0.25) is 5.95 Å². The van der Waals surface area contributed by atoms with Gasteiger partial charge in [-0.2, -0.15) is 5.10 Å². The predicted molar refractivity (Wildman–Crippen MR) is 91.7 cm³/mol. The largest absolute Gasteiger partial charge is 0.507 e. The van der Waals surface area contributed by atoms with Gasteiger partial charge >= 0.3 is 0 Å². The number of phenols is 1. The molecule has 126 valence electrons. The summed E-state index contributed by atoms with van der Waals surface area (Å²) in [6, 6.07) is 5.75. The Hall–Kier alpha value is -3.00. The standard InChI is InChI=1S/C17H17N7O/c18-16-12-7-24(8-13(12)16)17-19-6-14(22-23-17)11-2-1-9(3-15(11)25)10-4-20-21-5-10/h1-6,12-13,16,25H,7-8,18H2,(H,20,21). The molecule has 3 aromatic rings. The van der Waals surface area contributed by atoms with E-state index in [1.165, 1.54) is 0 Å². The van der Waals surface area contributed by atoms with Crippen LogP contribution in [-0.2, 0) is 0 Å². The van der Waals surface area contributed by atoms with E-state index >= 15 is 0 Å². The molecule has 1 aromatic carbocycles. The summed E-state index contributed by atoms with van der Waals surface area (Å²) in [5, 5.41) is 25.5. The second kappa shape index (κ2) is 5.25. The Bertz CT molecular complexity index is 897. The third kappa shape index (κ3) is 2.33. The number of nitrogens with one attached hydrogen (secondary N) is 1. The highest BCUT2D eigenvalue weighted by Gasteiger charge is 2.54. The Morgan fingerprint density at radius 1 is 1.12 bits per heavy atom. The lowest BCUT2D eigenvalue weighted by atomic mass is 10.0. The third-order valence-corrected chi connectivity index (χ3v) is 5.20. The molecule has 0 bridgehead atoms. The molecular formula is C17H17N7O. The molecule has 8 heteroatoms. The fourth-order valence-corrected chi connectivity index (χ4v) is 3.61. The molecule has 1 aliphatic carbocycles. The second-order valence-electron chi connectivity index (χ2n) is 6.67. The van der Waals surface area contributed by atoms with Crippen LogP contribution < -0.4 is 10.6 Å². The van der Waals surface area contributed by atoms with Gasteiger partial charge in [-0.1, -0.05) is 6.07 Å². The van der Waals surface area contributed by atoms with E-state index in [9.17, 15) is 5.11 Å². The van der Waals surface area contributed by atoms with Crippen molar-refractivity contribution in [3.8, 4) is 28.1 Å². The lowest BCUT2D eigenvalue weighted by Gasteiger charge is -2.18. The molecule has 5 rings (SSSR count). The molecule has 2 atom stereocenters. The number of nitrogens with two attached hydrogens (primary N) is 1. The fraction of sp³-hybridized carbons (Fsp3) is 0.294. The minimum atomic E-state index is 0.135. The maximum atomic E-state index is 10.3. The smallest absolute Gasteiger partial charge is 0.245 e. The Morgan fingerprint density at radius 3 is 2.60 bits per heavy atom. The maximum Gasteiger partial charge on any atom is 0.245 e. The molecule has 4 N–H and O–H groups in total. The molecular weight excluding hydrogens is 318 g/mol. The lowest BCUT2D eigenvalue weighted by molar-refractivity contribution is 0.477. The minimum absolute atomic E-state index is 0.135. The van der Waals surface area contributed by atoms with Gasteiger partial charge in [0.15, 0.2) is 0 Å². The number of aromatic hydroxyl groups is 1. The van der Waals surface area contributed by atoms with Crippen LogP contribution in [0.25, 0.3) is 22.4 Å². The van der Waals surface area contributed by atoms with Gasteiger partial charge < -0.3 is 15.7 Å². The summed E-state index contributed by atoms with van der Waals surface area (Å²) >= 11 is 0. The number of H-pyrrole nitrogens is 1. The number of piperidine rings is 1. The van der Waals surface area contributed by atoms with Crippen molar-refractivity contribution >= 4 is 5.95 Å². The van der Waals surface area contributed by atoms with Crippen molar-refractivity contribution in [3.63, 3.8) is 0 Å². The summed E-state index contributed by atoms with van der Waals surface area (Å²) in [5.41, 5.74) is 8.89. The monoisotopic (exact) mass is 335 g/mol. The van der Waals surface area contributed by atoms with Crippen LogP contribution in [-0.4, -0.2) is 49.6 Å². The number of anilines is 1. The van der Waals surface area contributed by atoms with E-state index in [-0.39, 0.29) is 5.75 Å². The van der Waals surface area contributed by atoms with Crippen molar-refractivity contribution in [1.82, 2.24) is 25.4 Å². The number of fused-ring (bicyclic) bond motifs is 1. The van der Waals surface area contributed by atoms with Crippen molar-refractivity contribution in [1.29, 1.82) is 0 Å². The van der Waals surface area contributed by atoms with Crippen LogP contribution in [0.3, 0.4) is 0 Å². The average Bonchev–Trinajstić information content (AvgIpc) is 3.11. The molecule has 25 heavy (non-hydrogen) atoms. The van der Waals surface area contributed by atoms with Crippen LogP contribution in [0, 0.1) is 11.8 Å². The van der Waals surface area contributed by atoms with Crippen molar-refractivity contribution in [2.24, 2.45) is 17.6 Å². The van der Waals surface area contributed by atoms with E-state index < -0.39 is 0 Å². The van der Waals surface area contributed by atoms with Crippen molar-refractivity contribution in [2.45, 2.75) is 6.04 Å². The van der Waals surface area contributed by atoms with Crippen LogP contribution in [0.15, 0.2) is 36.8 Å². The number of nitrogens with zero attached hydrogens (tertiary/aromatic N) is 5. The highest BCUT2D eigenvalue weighted by atomic mass is 16.3. The van der Waals surface area contributed by atoms with E-state index in [0.29, 0.717) is 35.1 Å². The van der Waals surface area contributed by atoms with Gasteiger partial charge in [-0.05, 0) is 29.5 Å². The predicted octanol–water partition coefficient (Wildman–Crippen LogP) is 1.03. The van der Waals surface area contributed by atoms with Crippen LogP contribution in [0.2, 0.25) is 0 Å². The molecule has 2 aliphatic rings. The number of aromatic amines is 1. The first-order valence-electron chi connectivity index (χ1n) is 8.23. The molecule has 1 saturated heterocycles. The van der Waals surface area contributed by atoms with Gasteiger partial charge in [-0.25, -0.2) is 4.98 Å². The fourth-order valence-electron chi connectivity index (χ4n) is 3.61.